The molecule has 0 radical (unpaired) electrons. The quantitative estimate of drug-likeness (QED) is 0.934. The summed E-state index contributed by atoms with van der Waals surface area (Å²) >= 11 is 0. The Hall–Kier alpha value is -2.14. The second-order valence-electron chi connectivity index (χ2n) is 7.36. The van der Waals surface area contributed by atoms with E-state index < -0.39 is 0 Å². The molecule has 25 heavy (non-hydrogen) atoms. The van der Waals surface area contributed by atoms with E-state index in [2.05, 4.69) is 17.3 Å². The zero-order chi connectivity index (χ0) is 17.6. The van der Waals surface area contributed by atoms with Crippen molar-refractivity contribution in [2.75, 3.05) is 7.05 Å². The number of aromatic nitrogens is 1. The van der Waals surface area contributed by atoms with Crippen LogP contribution in [0.25, 0.3) is 10.9 Å². The molecule has 4 rings (SSSR count). The fourth-order valence-electron chi connectivity index (χ4n) is 4.60. The fourth-order valence-corrected chi connectivity index (χ4v) is 4.60. The van der Waals surface area contributed by atoms with Crippen molar-refractivity contribution in [2.45, 2.75) is 57.3 Å². The van der Waals surface area contributed by atoms with E-state index in [0.29, 0.717) is 18.6 Å². The first kappa shape index (κ1) is 16.3. The number of carbonyl (C=O) groups is 1. The molecule has 1 aromatic carbocycles. The molecule has 1 amide bonds. The zero-order valence-electron chi connectivity index (χ0n) is 14.9. The number of hydrogen-bond acceptors (Lipinski definition) is 3. The SMILES string of the molecule is CCn1c(=O)c(C(=O)NC2C[C@H]3CC[C@@H](C2)N3C)cc2ccccc21. The molecule has 1 unspecified atom stereocenters. The van der Waals surface area contributed by atoms with Crippen LogP contribution in [-0.2, 0) is 6.54 Å². The van der Waals surface area contributed by atoms with E-state index in [9.17, 15) is 9.59 Å². The molecule has 5 nitrogen and oxygen atoms in total. The Morgan fingerprint density at radius 2 is 1.88 bits per heavy atom. The largest absolute Gasteiger partial charge is 0.349 e. The van der Waals surface area contributed by atoms with E-state index in [-0.39, 0.29) is 23.1 Å². The smallest absolute Gasteiger partial charge is 0.263 e. The number of benzene rings is 1. The molecule has 0 spiro atoms. The fraction of sp³-hybridized carbons (Fsp3) is 0.500. The summed E-state index contributed by atoms with van der Waals surface area (Å²) in [5.41, 5.74) is 0.935. The van der Waals surface area contributed by atoms with Crippen molar-refractivity contribution < 1.29 is 4.79 Å². The first-order valence-electron chi connectivity index (χ1n) is 9.24. The Morgan fingerprint density at radius 1 is 1.20 bits per heavy atom. The number of carbonyl (C=O) groups excluding carboxylic acids is 1. The second-order valence-corrected chi connectivity index (χ2v) is 7.36. The predicted molar refractivity (Wildman–Crippen MR) is 98.9 cm³/mol. The molecule has 1 aromatic heterocycles. The maximum absolute atomic E-state index is 12.8. The van der Waals surface area contributed by atoms with Crippen LogP contribution in [0.4, 0.5) is 0 Å². The Labute approximate surface area is 147 Å². The maximum atomic E-state index is 12.8. The number of fused-ring (bicyclic) bond motifs is 3. The minimum absolute atomic E-state index is 0.169. The van der Waals surface area contributed by atoms with Gasteiger partial charge in [-0.15, -0.1) is 0 Å². The number of nitrogens with one attached hydrogen (secondary N) is 1. The lowest BCUT2D eigenvalue weighted by atomic mass is 9.97. The number of nitrogens with zero attached hydrogens (tertiary/aromatic N) is 2. The lowest BCUT2D eigenvalue weighted by Crippen LogP contribution is -2.49. The van der Waals surface area contributed by atoms with Gasteiger partial charge in [-0.1, -0.05) is 18.2 Å². The highest BCUT2D eigenvalue weighted by Gasteiger charge is 2.39. The third-order valence-corrected chi connectivity index (χ3v) is 6.00. The van der Waals surface area contributed by atoms with Crippen molar-refractivity contribution in [1.82, 2.24) is 14.8 Å². The normalized spacial score (nSPS) is 26.1. The second kappa shape index (κ2) is 6.30. The van der Waals surface area contributed by atoms with Crippen molar-refractivity contribution in [1.29, 1.82) is 0 Å². The lowest BCUT2D eigenvalue weighted by Gasteiger charge is -2.36. The van der Waals surface area contributed by atoms with Crippen molar-refractivity contribution in [3.63, 3.8) is 0 Å². The van der Waals surface area contributed by atoms with Gasteiger partial charge in [0, 0.05) is 24.7 Å². The van der Waals surface area contributed by atoms with Crippen LogP contribution in [-0.4, -0.2) is 40.5 Å². The van der Waals surface area contributed by atoms with Gasteiger partial charge >= 0.3 is 0 Å². The molecular weight excluding hydrogens is 314 g/mol. The van der Waals surface area contributed by atoms with Gasteiger partial charge < -0.3 is 14.8 Å². The summed E-state index contributed by atoms with van der Waals surface area (Å²) in [6.07, 6.45) is 4.39. The summed E-state index contributed by atoms with van der Waals surface area (Å²) in [5, 5.41) is 4.06. The highest BCUT2D eigenvalue weighted by Crippen LogP contribution is 2.34. The van der Waals surface area contributed by atoms with Crippen LogP contribution in [0, 0.1) is 0 Å². The third kappa shape index (κ3) is 2.76. The highest BCUT2D eigenvalue weighted by atomic mass is 16.2. The average molecular weight is 339 g/mol. The molecule has 2 aliphatic heterocycles. The topological polar surface area (TPSA) is 54.3 Å². The number of rotatable bonds is 3. The van der Waals surface area contributed by atoms with E-state index in [1.54, 1.807) is 10.6 Å². The number of aryl methyl sites for hydroxylation is 1. The van der Waals surface area contributed by atoms with E-state index in [4.69, 9.17) is 0 Å². The van der Waals surface area contributed by atoms with Gasteiger partial charge in [0.15, 0.2) is 0 Å². The Bertz CT molecular complexity index is 859. The van der Waals surface area contributed by atoms with Gasteiger partial charge in [-0.3, -0.25) is 9.59 Å². The summed E-state index contributed by atoms with van der Waals surface area (Å²) in [6.45, 7) is 2.49. The predicted octanol–water partition coefficient (Wildman–Crippen LogP) is 2.38. The molecule has 5 heteroatoms. The van der Waals surface area contributed by atoms with E-state index in [1.165, 1.54) is 12.8 Å². The molecule has 1 N–H and O–H groups in total. The average Bonchev–Trinajstić information content (AvgIpc) is 2.82. The number of para-hydroxylation sites is 1. The van der Waals surface area contributed by atoms with Gasteiger partial charge in [0.05, 0.1) is 5.52 Å². The summed E-state index contributed by atoms with van der Waals surface area (Å²) in [7, 11) is 2.18. The lowest BCUT2D eigenvalue weighted by molar-refractivity contribution is 0.0880. The zero-order valence-corrected chi connectivity index (χ0v) is 14.9. The van der Waals surface area contributed by atoms with Crippen LogP contribution in [0.2, 0.25) is 0 Å². The van der Waals surface area contributed by atoms with E-state index in [1.807, 2.05) is 31.2 Å². The summed E-state index contributed by atoms with van der Waals surface area (Å²) in [4.78, 5) is 28.1. The number of hydrogen-bond donors (Lipinski definition) is 1. The first-order chi connectivity index (χ1) is 12.1. The van der Waals surface area contributed by atoms with Crippen LogP contribution < -0.4 is 10.9 Å². The van der Waals surface area contributed by atoms with Crippen LogP contribution in [0.5, 0.6) is 0 Å². The molecule has 2 aromatic rings. The molecule has 2 bridgehead atoms. The minimum atomic E-state index is -0.230. The number of piperidine rings is 1. The molecule has 2 saturated heterocycles. The van der Waals surface area contributed by atoms with Gasteiger partial charge in [-0.2, -0.15) is 0 Å². The third-order valence-electron chi connectivity index (χ3n) is 6.00. The standard InChI is InChI=1S/C20H25N3O2/c1-3-23-18-7-5-4-6-13(18)10-17(20(23)25)19(24)21-14-11-15-8-9-16(12-14)22(15)2/h4-7,10,14-16H,3,8-9,11-12H2,1-2H3,(H,21,24)/t14?,15-,16+. The molecule has 2 aliphatic rings. The molecule has 0 aliphatic carbocycles. The summed E-state index contributed by atoms with van der Waals surface area (Å²) < 4.78 is 1.68. The van der Waals surface area contributed by atoms with Crippen molar-refractivity contribution >= 4 is 16.8 Å². The maximum Gasteiger partial charge on any atom is 0.263 e. The van der Waals surface area contributed by atoms with Gasteiger partial charge in [0.25, 0.3) is 11.5 Å². The number of amides is 1. The van der Waals surface area contributed by atoms with Crippen LogP contribution in [0.15, 0.2) is 35.1 Å². The molecule has 132 valence electrons. The Morgan fingerprint density at radius 3 is 2.56 bits per heavy atom. The monoisotopic (exact) mass is 339 g/mol. The molecule has 3 heterocycles. The highest BCUT2D eigenvalue weighted by molar-refractivity contribution is 5.97. The Kier molecular flexibility index (Phi) is 4.12. The Balaban J connectivity index is 1.62. The molecule has 0 saturated carbocycles. The van der Waals surface area contributed by atoms with E-state index in [0.717, 1.165) is 23.7 Å². The van der Waals surface area contributed by atoms with Crippen molar-refractivity contribution in [2.24, 2.45) is 0 Å². The summed E-state index contributed by atoms with van der Waals surface area (Å²) in [5.74, 6) is -0.230. The van der Waals surface area contributed by atoms with Crippen molar-refractivity contribution in [3.05, 3.63) is 46.2 Å². The van der Waals surface area contributed by atoms with Gasteiger partial charge in [-0.25, -0.2) is 0 Å². The molecular formula is C20H25N3O2. The molecule has 3 atom stereocenters. The minimum Gasteiger partial charge on any atom is -0.349 e. The first-order valence-corrected chi connectivity index (χ1v) is 9.24. The van der Waals surface area contributed by atoms with Crippen molar-refractivity contribution in [3.8, 4) is 0 Å². The van der Waals surface area contributed by atoms with Gasteiger partial charge in [0.1, 0.15) is 5.56 Å². The van der Waals surface area contributed by atoms with E-state index >= 15 is 0 Å². The summed E-state index contributed by atoms with van der Waals surface area (Å²) in [6, 6.07) is 10.8. The van der Waals surface area contributed by atoms with Crippen LogP contribution in [0.3, 0.4) is 0 Å². The number of pyridine rings is 1. The van der Waals surface area contributed by atoms with Gasteiger partial charge in [-0.05, 0) is 57.2 Å². The van der Waals surface area contributed by atoms with Crippen LogP contribution >= 0.6 is 0 Å². The van der Waals surface area contributed by atoms with Crippen LogP contribution in [0.1, 0.15) is 43.0 Å². The molecule has 2 fully saturated rings. The van der Waals surface area contributed by atoms with Gasteiger partial charge in [0.2, 0.25) is 0 Å².